The van der Waals surface area contributed by atoms with E-state index in [0.717, 1.165) is 53.8 Å². The van der Waals surface area contributed by atoms with Crippen LogP contribution in [0.4, 0.5) is 0 Å². The Morgan fingerprint density at radius 1 is 0.938 bits per heavy atom. The first-order valence-corrected chi connectivity index (χ1v) is 13.9. The Morgan fingerprint density at radius 2 is 1.69 bits per heavy atom. The van der Waals surface area contributed by atoms with Crippen molar-refractivity contribution in [1.29, 1.82) is 0 Å². The number of hydrogen-bond donors (Lipinski definition) is 1. The summed E-state index contributed by atoms with van der Waals surface area (Å²) in [4.78, 5) is 0. The molecule has 1 nitrogen and oxygen atoms in total. The monoisotopic (exact) mass is 436 g/mol. The first-order valence-electron chi connectivity index (χ1n) is 13.9. The lowest BCUT2D eigenvalue weighted by Gasteiger charge is -2.58. The third kappa shape index (κ3) is 3.79. The van der Waals surface area contributed by atoms with E-state index in [-0.39, 0.29) is 6.10 Å². The summed E-state index contributed by atoms with van der Waals surface area (Å²) in [6.07, 6.45) is 16.9. The maximum Gasteiger partial charge on any atom is 0.0574 e. The molecule has 4 saturated carbocycles. The van der Waals surface area contributed by atoms with Gasteiger partial charge in [0.25, 0.3) is 0 Å². The summed E-state index contributed by atoms with van der Waals surface area (Å²) in [7, 11) is 0. The molecule has 0 radical (unpaired) electrons. The number of allylic oxidation sites excluding steroid dienone is 6. The molecule has 0 aromatic carbocycles. The van der Waals surface area contributed by atoms with E-state index >= 15 is 0 Å². The second kappa shape index (κ2) is 8.75. The van der Waals surface area contributed by atoms with Gasteiger partial charge in [0.05, 0.1) is 6.10 Å². The molecule has 0 heterocycles. The van der Waals surface area contributed by atoms with Crippen LogP contribution in [-0.2, 0) is 0 Å². The summed E-state index contributed by atoms with van der Waals surface area (Å²) in [5, 5.41) is 11.3. The van der Waals surface area contributed by atoms with E-state index in [9.17, 15) is 5.11 Å². The molecule has 0 amide bonds. The van der Waals surface area contributed by atoms with Crippen molar-refractivity contribution in [1.82, 2.24) is 0 Å². The quantitative estimate of drug-likeness (QED) is 0.437. The van der Waals surface area contributed by atoms with Gasteiger partial charge in [-0.15, -0.1) is 0 Å². The van der Waals surface area contributed by atoms with E-state index in [1.807, 2.05) is 0 Å². The van der Waals surface area contributed by atoms with Crippen LogP contribution in [0.15, 0.2) is 34.9 Å². The van der Waals surface area contributed by atoms with Gasteiger partial charge in [0.1, 0.15) is 0 Å². The van der Waals surface area contributed by atoms with Crippen LogP contribution in [0.3, 0.4) is 0 Å². The lowest BCUT2D eigenvalue weighted by Crippen LogP contribution is -2.53. The van der Waals surface area contributed by atoms with Gasteiger partial charge in [-0.3, -0.25) is 0 Å². The zero-order chi connectivity index (χ0) is 22.7. The molecule has 0 aliphatic heterocycles. The maximum atomic E-state index is 11.3. The predicted octanol–water partition coefficient (Wildman–Crippen LogP) is 7.82. The minimum Gasteiger partial charge on any atom is -0.393 e. The molecule has 1 N–H and O–H groups in total. The highest BCUT2D eigenvalue weighted by Gasteiger charge is 2.57. The summed E-state index contributed by atoms with van der Waals surface area (Å²) in [6.45, 7) is 14.1. The predicted molar refractivity (Wildman–Crippen MR) is 135 cm³/mol. The van der Waals surface area contributed by atoms with Crippen molar-refractivity contribution in [2.24, 2.45) is 65.1 Å². The summed E-state index contributed by atoms with van der Waals surface area (Å²) in [5.41, 5.74) is 4.78. The normalized spacial score (nSPS) is 50.5. The van der Waals surface area contributed by atoms with Crippen LogP contribution < -0.4 is 0 Å². The number of aliphatic hydroxyl groups is 1. The number of hydrogen-bond acceptors (Lipinski definition) is 1. The highest BCUT2D eigenvalue weighted by molar-refractivity contribution is 5.23. The fourth-order valence-electron chi connectivity index (χ4n) is 9.97. The number of rotatable bonds is 2. The molecule has 32 heavy (non-hydrogen) atoms. The largest absolute Gasteiger partial charge is 0.393 e. The topological polar surface area (TPSA) is 20.2 Å². The Balaban J connectivity index is 1.42. The summed E-state index contributed by atoms with van der Waals surface area (Å²) in [5.74, 6) is 8.40. The van der Waals surface area contributed by atoms with Gasteiger partial charge in [-0.25, -0.2) is 0 Å². The minimum atomic E-state index is -0.0682. The highest BCUT2D eigenvalue weighted by Crippen LogP contribution is 2.63. The SMILES string of the molecule is CC=C(C)C1CCC2C(C1)CC(C)C1C2C=C(C)C2C3CC(C=C(C)C)CC3C(O)CC21. The van der Waals surface area contributed by atoms with Crippen LogP contribution in [0.25, 0.3) is 0 Å². The Kier molecular flexibility index (Phi) is 6.28. The smallest absolute Gasteiger partial charge is 0.0574 e. The molecular formula is C31H48O. The lowest BCUT2D eigenvalue weighted by molar-refractivity contribution is -0.0821. The van der Waals surface area contributed by atoms with Gasteiger partial charge < -0.3 is 5.11 Å². The van der Waals surface area contributed by atoms with Crippen LogP contribution in [0.2, 0.25) is 0 Å². The van der Waals surface area contributed by atoms with Crippen LogP contribution >= 0.6 is 0 Å². The van der Waals surface area contributed by atoms with Gasteiger partial charge in [0.15, 0.2) is 0 Å². The van der Waals surface area contributed by atoms with Crippen LogP contribution in [0.5, 0.6) is 0 Å². The Morgan fingerprint density at radius 3 is 2.41 bits per heavy atom. The van der Waals surface area contributed by atoms with E-state index in [2.05, 4.69) is 59.8 Å². The Labute approximate surface area is 197 Å². The molecule has 1 heteroatoms. The van der Waals surface area contributed by atoms with Crippen molar-refractivity contribution in [2.45, 2.75) is 92.6 Å². The van der Waals surface area contributed by atoms with Gasteiger partial charge in [-0.2, -0.15) is 0 Å². The standard InChI is InChI=1S/C31H48O/c1-7-18(4)22-8-9-24-23(15-22)11-19(5)30-26(24)12-20(6)31-27-14-21(10-17(2)3)13-25(27)29(32)16-28(30)31/h7,10,12,19,21-32H,8-9,11,13-16H2,1-6H3. The molecule has 12 unspecified atom stereocenters. The first kappa shape index (κ1) is 22.9. The molecule has 5 aliphatic carbocycles. The van der Waals surface area contributed by atoms with E-state index in [1.165, 1.54) is 44.1 Å². The van der Waals surface area contributed by atoms with Crippen molar-refractivity contribution in [3.05, 3.63) is 34.9 Å². The molecule has 0 spiro atoms. The molecule has 0 bridgehead atoms. The van der Waals surface area contributed by atoms with Crippen molar-refractivity contribution >= 4 is 0 Å². The molecule has 4 fully saturated rings. The highest BCUT2D eigenvalue weighted by atomic mass is 16.3. The summed E-state index contributed by atoms with van der Waals surface area (Å²) >= 11 is 0. The van der Waals surface area contributed by atoms with Crippen LogP contribution in [-0.4, -0.2) is 11.2 Å². The number of aliphatic hydroxyl groups excluding tert-OH is 1. The molecule has 12 atom stereocenters. The molecular weight excluding hydrogens is 388 g/mol. The summed E-state index contributed by atoms with van der Waals surface area (Å²) in [6, 6.07) is 0. The van der Waals surface area contributed by atoms with E-state index in [1.54, 1.807) is 11.1 Å². The van der Waals surface area contributed by atoms with E-state index < -0.39 is 0 Å². The van der Waals surface area contributed by atoms with Crippen LogP contribution in [0, 0.1) is 65.1 Å². The lowest BCUT2D eigenvalue weighted by atomic mass is 9.47. The van der Waals surface area contributed by atoms with E-state index in [0.29, 0.717) is 17.8 Å². The van der Waals surface area contributed by atoms with Gasteiger partial charge in [0, 0.05) is 0 Å². The zero-order valence-corrected chi connectivity index (χ0v) is 21.6. The zero-order valence-electron chi connectivity index (χ0n) is 21.6. The second-order valence-corrected chi connectivity index (χ2v) is 13.0. The molecule has 0 aromatic rings. The minimum absolute atomic E-state index is 0.0682. The van der Waals surface area contributed by atoms with Gasteiger partial charge in [-0.1, -0.05) is 41.9 Å². The molecule has 178 valence electrons. The first-order chi connectivity index (χ1) is 15.3. The fraction of sp³-hybridized carbons (Fsp3) is 0.806. The third-order valence-corrected chi connectivity index (χ3v) is 11.1. The van der Waals surface area contributed by atoms with Gasteiger partial charge in [0.2, 0.25) is 0 Å². The Hall–Kier alpha value is -0.820. The maximum absolute atomic E-state index is 11.3. The van der Waals surface area contributed by atoms with Crippen molar-refractivity contribution in [2.75, 3.05) is 0 Å². The summed E-state index contributed by atoms with van der Waals surface area (Å²) < 4.78 is 0. The fourth-order valence-corrected chi connectivity index (χ4v) is 9.97. The average Bonchev–Trinajstić information content (AvgIpc) is 3.15. The number of fused-ring (bicyclic) bond motifs is 7. The Bertz CT molecular complexity index is 797. The van der Waals surface area contributed by atoms with Crippen molar-refractivity contribution in [3.8, 4) is 0 Å². The van der Waals surface area contributed by atoms with Crippen LogP contribution in [0.1, 0.15) is 86.5 Å². The van der Waals surface area contributed by atoms with Gasteiger partial charge in [-0.05, 0) is 145 Å². The third-order valence-electron chi connectivity index (χ3n) is 11.1. The average molecular weight is 437 g/mol. The molecule has 5 rings (SSSR count). The second-order valence-electron chi connectivity index (χ2n) is 13.0. The molecule has 0 saturated heterocycles. The van der Waals surface area contributed by atoms with Crippen molar-refractivity contribution in [3.63, 3.8) is 0 Å². The van der Waals surface area contributed by atoms with Crippen molar-refractivity contribution < 1.29 is 5.11 Å². The molecule has 0 aromatic heterocycles. The molecule has 5 aliphatic rings. The van der Waals surface area contributed by atoms with Gasteiger partial charge >= 0.3 is 0 Å². The van der Waals surface area contributed by atoms with E-state index in [4.69, 9.17) is 0 Å².